The minimum absolute atomic E-state index is 0.00718. The molecule has 2 amide bonds. The van der Waals surface area contributed by atoms with Crippen LogP contribution in [0.3, 0.4) is 0 Å². The van der Waals surface area contributed by atoms with E-state index in [4.69, 9.17) is 0 Å². The lowest BCUT2D eigenvalue weighted by molar-refractivity contribution is -0.115. The van der Waals surface area contributed by atoms with E-state index in [1.165, 1.54) is 0 Å². The Morgan fingerprint density at radius 2 is 1.84 bits per heavy atom. The largest absolute Gasteiger partial charge is 0.339 e. The number of thiazole rings is 1. The molecule has 1 N–H and O–H groups in total. The summed E-state index contributed by atoms with van der Waals surface area (Å²) < 4.78 is 0.972. The Labute approximate surface area is 156 Å². The molecule has 0 aliphatic heterocycles. The van der Waals surface area contributed by atoms with Gasteiger partial charge in [-0.1, -0.05) is 11.8 Å². The quantitative estimate of drug-likeness (QED) is 0.745. The van der Waals surface area contributed by atoms with Gasteiger partial charge in [0, 0.05) is 29.2 Å². The van der Waals surface area contributed by atoms with Crippen LogP contribution in [-0.2, 0) is 11.2 Å². The second-order valence-electron chi connectivity index (χ2n) is 5.47. The van der Waals surface area contributed by atoms with E-state index in [-0.39, 0.29) is 11.8 Å². The van der Waals surface area contributed by atoms with Crippen molar-refractivity contribution in [3.63, 3.8) is 0 Å². The van der Waals surface area contributed by atoms with Crippen LogP contribution in [0.2, 0.25) is 0 Å². The van der Waals surface area contributed by atoms with Crippen molar-refractivity contribution < 1.29 is 9.59 Å². The summed E-state index contributed by atoms with van der Waals surface area (Å²) in [7, 11) is 0. The molecule has 1 aromatic heterocycles. The van der Waals surface area contributed by atoms with Crippen LogP contribution in [0.25, 0.3) is 0 Å². The summed E-state index contributed by atoms with van der Waals surface area (Å²) >= 11 is 3.14. The van der Waals surface area contributed by atoms with Gasteiger partial charge < -0.3 is 10.2 Å². The van der Waals surface area contributed by atoms with Gasteiger partial charge >= 0.3 is 0 Å². The highest BCUT2D eigenvalue weighted by atomic mass is 32.2. The third-order valence-electron chi connectivity index (χ3n) is 3.84. The molecule has 0 aliphatic carbocycles. The van der Waals surface area contributed by atoms with Gasteiger partial charge in [-0.15, -0.1) is 11.3 Å². The molecule has 0 bridgehead atoms. The van der Waals surface area contributed by atoms with E-state index in [9.17, 15) is 9.59 Å². The lowest BCUT2D eigenvalue weighted by Gasteiger charge is -2.18. The van der Waals surface area contributed by atoms with Gasteiger partial charge in [-0.05, 0) is 51.3 Å². The summed E-state index contributed by atoms with van der Waals surface area (Å²) in [5, 5.41) is 2.88. The van der Waals surface area contributed by atoms with Crippen molar-refractivity contribution in [2.75, 3.05) is 24.7 Å². The topological polar surface area (TPSA) is 62.3 Å². The predicted molar refractivity (Wildman–Crippen MR) is 105 cm³/mol. The van der Waals surface area contributed by atoms with Crippen LogP contribution < -0.4 is 5.32 Å². The van der Waals surface area contributed by atoms with Crippen molar-refractivity contribution in [3.8, 4) is 0 Å². The van der Waals surface area contributed by atoms with Crippen molar-refractivity contribution in [2.45, 2.75) is 31.5 Å². The molecule has 1 heterocycles. The molecule has 0 saturated heterocycles. The Hall–Kier alpha value is -1.86. The minimum Gasteiger partial charge on any atom is -0.339 e. The van der Waals surface area contributed by atoms with E-state index in [1.807, 2.05) is 27.0 Å². The Morgan fingerprint density at radius 3 is 2.36 bits per heavy atom. The zero-order valence-electron chi connectivity index (χ0n) is 15.0. The first-order valence-corrected chi connectivity index (χ1v) is 10.2. The molecule has 5 nitrogen and oxygen atoms in total. The van der Waals surface area contributed by atoms with Crippen LogP contribution in [0.4, 0.5) is 5.69 Å². The van der Waals surface area contributed by atoms with Crippen LogP contribution in [-0.4, -0.2) is 41.0 Å². The van der Waals surface area contributed by atoms with Gasteiger partial charge in [0.25, 0.3) is 5.91 Å². The number of benzene rings is 1. The number of rotatable bonds is 7. The van der Waals surface area contributed by atoms with Crippen LogP contribution in [0.5, 0.6) is 0 Å². The molecule has 0 saturated carbocycles. The van der Waals surface area contributed by atoms with Gasteiger partial charge in [-0.25, -0.2) is 4.98 Å². The number of anilines is 1. The predicted octanol–water partition coefficient (Wildman–Crippen LogP) is 3.84. The fourth-order valence-corrected chi connectivity index (χ4v) is 4.05. The number of nitrogens with zero attached hydrogens (tertiary/aromatic N) is 2. The number of aromatic nitrogens is 1. The summed E-state index contributed by atoms with van der Waals surface area (Å²) in [6.45, 7) is 7.20. The lowest BCUT2D eigenvalue weighted by atomic mass is 10.1. The van der Waals surface area contributed by atoms with Crippen LogP contribution in [0, 0.1) is 6.92 Å². The van der Waals surface area contributed by atoms with Crippen LogP contribution in [0.15, 0.2) is 28.6 Å². The highest BCUT2D eigenvalue weighted by Gasteiger charge is 2.14. The normalized spacial score (nSPS) is 10.6. The minimum atomic E-state index is -0.0813. The molecule has 0 atom stereocenters. The molecular formula is C18H23N3O2S2. The zero-order valence-corrected chi connectivity index (χ0v) is 16.6. The van der Waals surface area contributed by atoms with Crippen molar-refractivity contribution in [1.82, 2.24) is 9.88 Å². The van der Waals surface area contributed by atoms with Gasteiger partial charge in [-0.2, -0.15) is 0 Å². The smallest absolute Gasteiger partial charge is 0.253 e. The maximum absolute atomic E-state index is 12.3. The average Bonchev–Trinajstić information content (AvgIpc) is 2.96. The number of carbonyl (C=O) groups excluding carboxylic acids is 2. The van der Waals surface area contributed by atoms with Crippen LogP contribution in [0.1, 0.15) is 34.8 Å². The van der Waals surface area contributed by atoms with Crippen LogP contribution >= 0.6 is 23.1 Å². The average molecular weight is 378 g/mol. The summed E-state index contributed by atoms with van der Waals surface area (Å²) in [4.78, 5) is 31.7. The Morgan fingerprint density at radius 1 is 1.20 bits per heavy atom. The molecule has 2 rings (SSSR count). The second-order valence-corrected chi connectivity index (χ2v) is 7.61. The highest BCUT2D eigenvalue weighted by Crippen LogP contribution is 2.26. The van der Waals surface area contributed by atoms with Crippen molar-refractivity contribution >= 4 is 40.6 Å². The standard InChI is InChI=1S/C18H23N3O2S2/c1-5-21(6-2)17(23)13-7-9-14(10-8-13)20-16(22)11-15-12(3)19-18(24-4)25-15/h7-10H,5-6,11H2,1-4H3,(H,20,22). The van der Waals surface area contributed by atoms with E-state index in [2.05, 4.69) is 10.3 Å². The Balaban J connectivity index is 1.99. The fraction of sp³-hybridized carbons (Fsp3) is 0.389. The number of aryl methyl sites for hydroxylation is 1. The molecule has 0 aliphatic rings. The molecule has 0 unspecified atom stereocenters. The molecule has 7 heteroatoms. The number of thioether (sulfide) groups is 1. The second kappa shape index (κ2) is 9.01. The van der Waals surface area contributed by atoms with E-state index < -0.39 is 0 Å². The first-order valence-electron chi connectivity index (χ1n) is 8.17. The molecule has 2 aromatic rings. The monoisotopic (exact) mass is 377 g/mol. The lowest BCUT2D eigenvalue weighted by Crippen LogP contribution is -2.30. The van der Waals surface area contributed by atoms with Gasteiger partial charge in [-0.3, -0.25) is 9.59 Å². The summed E-state index contributed by atoms with van der Waals surface area (Å²) in [6, 6.07) is 7.03. The number of amides is 2. The summed E-state index contributed by atoms with van der Waals surface area (Å²) in [5.41, 5.74) is 2.22. The molecule has 134 valence electrons. The molecule has 25 heavy (non-hydrogen) atoms. The maximum Gasteiger partial charge on any atom is 0.253 e. The van der Waals surface area contributed by atoms with Gasteiger partial charge in [0.15, 0.2) is 0 Å². The molecule has 0 radical (unpaired) electrons. The third-order valence-corrected chi connectivity index (χ3v) is 5.98. The fourth-order valence-electron chi connectivity index (χ4n) is 2.39. The first kappa shape index (κ1) is 19.5. The molecular weight excluding hydrogens is 354 g/mol. The van der Waals surface area contributed by atoms with E-state index in [0.717, 1.165) is 14.9 Å². The Bertz CT molecular complexity index is 737. The number of hydrogen-bond acceptors (Lipinski definition) is 5. The molecule has 0 fully saturated rings. The SMILES string of the molecule is CCN(CC)C(=O)c1ccc(NC(=O)Cc2sc(SC)nc2C)cc1. The Kier molecular flexibility index (Phi) is 7.01. The van der Waals surface area contributed by atoms with Crippen molar-refractivity contribution in [2.24, 2.45) is 0 Å². The van der Waals surface area contributed by atoms with Gasteiger partial charge in [0.2, 0.25) is 5.91 Å². The zero-order chi connectivity index (χ0) is 18.4. The number of nitrogens with one attached hydrogen (secondary N) is 1. The van der Waals surface area contributed by atoms with Gasteiger partial charge in [0.1, 0.15) is 4.34 Å². The maximum atomic E-state index is 12.3. The molecule has 0 spiro atoms. The first-order chi connectivity index (χ1) is 12.0. The van der Waals surface area contributed by atoms with Gasteiger partial charge in [0.05, 0.1) is 12.1 Å². The number of hydrogen-bond donors (Lipinski definition) is 1. The van der Waals surface area contributed by atoms with E-state index in [1.54, 1.807) is 52.3 Å². The van der Waals surface area contributed by atoms with Crippen molar-refractivity contribution in [3.05, 3.63) is 40.4 Å². The van der Waals surface area contributed by atoms with Crippen molar-refractivity contribution in [1.29, 1.82) is 0 Å². The number of carbonyl (C=O) groups is 2. The van der Waals surface area contributed by atoms with E-state index in [0.29, 0.717) is 30.8 Å². The summed E-state index contributed by atoms with van der Waals surface area (Å²) in [6.07, 6.45) is 2.29. The summed E-state index contributed by atoms with van der Waals surface area (Å²) in [5.74, 6) is -0.0741. The highest BCUT2D eigenvalue weighted by molar-refractivity contribution is 8.00. The third kappa shape index (κ3) is 5.06. The molecule has 1 aromatic carbocycles. The van der Waals surface area contributed by atoms with E-state index >= 15 is 0 Å².